The van der Waals surface area contributed by atoms with Crippen molar-refractivity contribution >= 4 is 35.0 Å². The average molecular weight is 253 g/mol. The third kappa shape index (κ3) is 2.77. The van der Waals surface area contributed by atoms with E-state index in [4.69, 9.17) is 27.9 Å². The van der Waals surface area contributed by atoms with Gasteiger partial charge in [0.2, 0.25) is 0 Å². The molecule has 78 valence electrons. The van der Waals surface area contributed by atoms with E-state index in [0.29, 0.717) is 6.61 Å². The van der Waals surface area contributed by atoms with E-state index in [0.717, 1.165) is 5.30 Å². The summed E-state index contributed by atoms with van der Waals surface area (Å²) in [4.78, 5) is 0. The largest absolute Gasteiger partial charge is 0.345 e. The predicted molar refractivity (Wildman–Crippen MR) is 62.7 cm³/mol. The van der Waals surface area contributed by atoms with Crippen molar-refractivity contribution in [3.05, 3.63) is 30.1 Å². The molecule has 1 rings (SSSR count). The highest BCUT2D eigenvalue weighted by molar-refractivity contribution is 8.16. The number of alkyl halides is 1. The molecule has 1 unspecified atom stereocenters. The first-order valence-corrected chi connectivity index (χ1v) is 7.62. The molecule has 0 aliphatic rings. The summed E-state index contributed by atoms with van der Waals surface area (Å²) >= 11 is 11.1. The van der Waals surface area contributed by atoms with Gasteiger partial charge in [-0.1, -0.05) is 11.8 Å². The molecule has 0 bridgehead atoms. The Morgan fingerprint density at radius 1 is 1.43 bits per heavy atom. The molecule has 0 amide bonds. The summed E-state index contributed by atoms with van der Waals surface area (Å²) in [5.41, 5.74) is 0.280. The van der Waals surface area contributed by atoms with E-state index in [9.17, 15) is 4.39 Å². The van der Waals surface area contributed by atoms with Crippen LogP contribution in [0.2, 0.25) is 0 Å². The van der Waals surface area contributed by atoms with Gasteiger partial charge in [-0.15, -0.1) is 11.6 Å². The molecule has 0 aliphatic carbocycles. The third-order valence-corrected chi connectivity index (χ3v) is 6.56. The summed E-state index contributed by atoms with van der Waals surface area (Å²) in [6.07, 6.45) is -2.14. The van der Waals surface area contributed by atoms with Crippen molar-refractivity contribution in [2.75, 3.05) is 12.2 Å². The maximum Gasteiger partial charge on any atom is 0.123 e. The minimum Gasteiger partial charge on any atom is -0.345 e. The Hall–Kier alpha value is 0.0500. The van der Waals surface area contributed by atoms with Crippen LogP contribution in [0, 0.1) is 5.82 Å². The van der Waals surface area contributed by atoms with Crippen LogP contribution in [-0.2, 0) is 16.3 Å². The zero-order valence-corrected chi connectivity index (χ0v) is 10.2. The van der Waals surface area contributed by atoms with Gasteiger partial charge in [-0.2, -0.15) is 0 Å². The lowest BCUT2D eigenvalue weighted by atomic mass is 10.4. The lowest BCUT2D eigenvalue weighted by molar-refractivity contribution is 0.383. The molecule has 1 aromatic rings. The van der Waals surface area contributed by atoms with Gasteiger partial charge >= 0.3 is 0 Å². The van der Waals surface area contributed by atoms with E-state index >= 15 is 0 Å². The van der Waals surface area contributed by atoms with Crippen molar-refractivity contribution in [3.63, 3.8) is 0 Å². The topological polar surface area (TPSA) is 9.23 Å². The first-order valence-electron chi connectivity index (χ1n) is 4.18. The molecule has 5 heteroatoms. The Labute approximate surface area is 93.3 Å². The van der Waals surface area contributed by atoms with Gasteiger partial charge in [0, 0.05) is 11.9 Å². The minimum absolute atomic E-state index is 0.277. The van der Waals surface area contributed by atoms with Crippen molar-refractivity contribution in [3.8, 4) is 0 Å². The Bertz CT molecular complexity index is 341. The second-order valence-electron chi connectivity index (χ2n) is 2.69. The number of benzene rings is 1. The summed E-state index contributed by atoms with van der Waals surface area (Å²) in [7, 11) is 0. The van der Waals surface area contributed by atoms with Crippen LogP contribution in [0.3, 0.4) is 0 Å². The van der Waals surface area contributed by atoms with Crippen molar-refractivity contribution in [2.24, 2.45) is 0 Å². The lowest BCUT2D eigenvalue weighted by Crippen LogP contribution is -2.08. The number of rotatable bonds is 4. The number of halogens is 2. The molecule has 0 saturated carbocycles. The van der Waals surface area contributed by atoms with Gasteiger partial charge in [-0.05, 0) is 31.2 Å². The maximum atomic E-state index is 12.7. The fourth-order valence-corrected chi connectivity index (χ4v) is 3.73. The normalized spacial score (nSPS) is 15.1. The molecule has 14 heavy (non-hydrogen) atoms. The molecule has 0 spiro atoms. The highest BCUT2D eigenvalue weighted by Gasteiger charge is 2.18. The van der Waals surface area contributed by atoms with Gasteiger partial charge in [-0.25, -0.2) is 4.39 Å². The molecular weight excluding hydrogens is 242 g/mol. The molecule has 1 atom stereocenters. The minimum atomic E-state index is -2.14. The fourth-order valence-electron chi connectivity index (χ4n) is 1.05. The van der Waals surface area contributed by atoms with E-state index in [1.807, 2.05) is 6.92 Å². The van der Waals surface area contributed by atoms with Crippen LogP contribution in [0.1, 0.15) is 6.92 Å². The molecule has 0 saturated heterocycles. The highest BCUT2D eigenvalue weighted by Crippen LogP contribution is 2.46. The second-order valence-corrected chi connectivity index (χ2v) is 7.53. The van der Waals surface area contributed by atoms with Crippen molar-refractivity contribution < 1.29 is 8.91 Å². The molecular formula is C9H11ClFOPS. The van der Waals surface area contributed by atoms with E-state index in [1.165, 1.54) is 12.1 Å². The Morgan fingerprint density at radius 2 is 2.00 bits per heavy atom. The Balaban J connectivity index is 3.00. The van der Waals surface area contributed by atoms with Crippen molar-refractivity contribution in [1.29, 1.82) is 0 Å². The summed E-state index contributed by atoms with van der Waals surface area (Å²) in [5.74, 6) is -0.277. The molecule has 0 N–H and O–H groups in total. The summed E-state index contributed by atoms with van der Waals surface area (Å²) < 4.78 is 18.1. The van der Waals surface area contributed by atoms with Crippen LogP contribution in [-0.4, -0.2) is 12.2 Å². The lowest BCUT2D eigenvalue weighted by Gasteiger charge is -2.19. The first-order chi connectivity index (χ1) is 6.62. The van der Waals surface area contributed by atoms with Crippen molar-refractivity contribution in [1.82, 2.24) is 0 Å². The summed E-state index contributed by atoms with van der Waals surface area (Å²) in [6, 6.07) is 6.05. The van der Waals surface area contributed by atoms with E-state index in [1.54, 1.807) is 12.1 Å². The third-order valence-electron chi connectivity index (χ3n) is 1.72. The SMILES string of the molecule is CCOP(=S)(CCl)c1ccc(F)cc1. The van der Waals surface area contributed by atoms with Crippen LogP contribution in [0.5, 0.6) is 0 Å². The fraction of sp³-hybridized carbons (Fsp3) is 0.333. The van der Waals surface area contributed by atoms with Gasteiger partial charge < -0.3 is 4.52 Å². The molecule has 0 aromatic heterocycles. The zero-order chi connectivity index (χ0) is 10.6. The molecule has 0 aliphatic heterocycles. The monoisotopic (exact) mass is 252 g/mol. The number of hydrogen-bond acceptors (Lipinski definition) is 2. The van der Waals surface area contributed by atoms with Crippen LogP contribution >= 0.6 is 17.9 Å². The molecule has 0 radical (unpaired) electrons. The first kappa shape index (κ1) is 12.1. The van der Waals surface area contributed by atoms with Gasteiger partial charge in [0.15, 0.2) is 0 Å². The summed E-state index contributed by atoms with van der Waals surface area (Å²) in [6.45, 7) is 2.40. The van der Waals surface area contributed by atoms with Crippen LogP contribution < -0.4 is 5.30 Å². The van der Waals surface area contributed by atoms with E-state index < -0.39 is 6.26 Å². The molecule has 1 nitrogen and oxygen atoms in total. The van der Waals surface area contributed by atoms with E-state index in [2.05, 4.69) is 0 Å². The molecule has 0 heterocycles. The highest BCUT2D eigenvalue weighted by atomic mass is 35.5. The van der Waals surface area contributed by atoms with Crippen molar-refractivity contribution in [2.45, 2.75) is 6.92 Å². The summed E-state index contributed by atoms with van der Waals surface area (Å²) in [5, 5.41) is 0.825. The van der Waals surface area contributed by atoms with Gasteiger partial charge in [-0.3, -0.25) is 0 Å². The quantitative estimate of drug-likeness (QED) is 0.602. The average Bonchev–Trinajstić information content (AvgIpc) is 2.19. The molecule has 1 aromatic carbocycles. The predicted octanol–water partition coefficient (Wildman–Crippen LogP) is 3.08. The Kier molecular flexibility index (Phi) is 4.52. The zero-order valence-electron chi connectivity index (χ0n) is 7.74. The standard InChI is InChI=1S/C9H11ClFOPS/c1-2-12-13(14,7-10)9-5-3-8(11)4-6-9/h3-6H,2,7H2,1H3. The Morgan fingerprint density at radius 3 is 2.43 bits per heavy atom. The van der Waals surface area contributed by atoms with Crippen LogP contribution in [0.15, 0.2) is 24.3 Å². The smallest absolute Gasteiger partial charge is 0.123 e. The maximum absolute atomic E-state index is 12.7. The number of hydrogen-bond donors (Lipinski definition) is 0. The second kappa shape index (κ2) is 5.22. The molecule has 0 fully saturated rings. The van der Waals surface area contributed by atoms with Crippen LogP contribution in [0.4, 0.5) is 4.39 Å². The van der Waals surface area contributed by atoms with Crippen LogP contribution in [0.25, 0.3) is 0 Å². The van der Waals surface area contributed by atoms with Gasteiger partial charge in [0.25, 0.3) is 0 Å². The van der Waals surface area contributed by atoms with Gasteiger partial charge in [0.05, 0.1) is 5.62 Å². The van der Waals surface area contributed by atoms with E-state index in [-0.39, 0.29) is 11.4 Å². The van der Waals surface area contributed by atoms with Gasteiger partial charge in [0.1, 0.15) is 12.1 Å².